The molecule has 2 N–H and O–H groups in total. The molecule has 3 unspecified atom stereocenters. The molecule has 2 rings (SSSR count). The predicted octanol–water partition coefficient (Wildman–Crippen LogP) is 1.65. The van der Waals surface area contributed by atoms with Crippen molar-refractivity contribution in [3.05, 3.63) is 34.9 Å². The summed E-state index contributed by atoms with van der Waals surface area (Å²) in [6, 6.07) is 6.50. The Hall–Kier alpha value is -0.940. The van der Waals surface area contributed by atoms with Crippen LogP contribution in [0.3, 0.4) is 0 Å². The number of benzene rings is 1. The summed E-state index contributed by atoms with van der Waals surface area (Å²) in [4.78, 5) is 2.32. The van der Waals surface area contributed by atoms with Crippen molar-refractivity contribution < 1.29 is 9.47 Å². The lowest BCUT2D eigenvalue weighted by atomic mass is 10.0. The largest absolute Gasteiger partial charge is 0.377 e. The Balaban J connectivity index is 1.98. The van der Waals surface area contributed by atoms with Gasteiger partial charge < -0.3 is 15.2 Å². The van der Waals surface area contributed by atoms with Gasteiger partial charge in [0.25, 0.3) is 0 Å². The maximum atomic E-state index is 6.34. The molecule has 0 bridgehead atoms. The third kappa shape index (κ3) is 3.38. The van der Waals surface area contributed by atoms with Gasteiger partial charge >= 0.3 is 0 Å². The minimum atomic E-state index is 0.0300. The molecule has 1 fully saturated rings. The number of nitrogens with zero attached hydrogens (tertiary/aromatic N) is 1. The number of rotatable bonds is 5. The van der Waals surface area contributed by atoms with Crippen LogP contribution in [-0.2, 0) is 9.47 Å². The van der Waals surface area contributed by atoms with Gasteiger partial charge in [0.1, 0.15) is 0 Å². The molecular formula is C16H26N2O2. The lowest BCUT2D eigenvalue weighted by Gasteiger charge is -2.21. The molecule has 4 nitrogen and oxygen atoms in total. The van der Waals surface area contributed by atoms with Gasteiger partial charge in [0.2, 0.25) is 0 Å². The normalized spacial score (nSPS) is 25.1. The van der Waals surface area contributed by atoms with Crippen LogP contribution < -0.4 is 5.73 Å². The van der Waals surface area contributed by atoms with Gasteiger partial charge in [0.15, 0.2) is 0 Å². The van der Waals surface area contributed by atoms with Crippen LogP contribution in [0.1, 0.15) is 22.7 Å². The Kier molecular flexibility index (Phi) is 5.16. The molecule has 112 valence electrons. The first kappa shape index (κ1) is 15.4. The molecule has 1 aliphatic heterocycles. The van der Waals surface area contributed by atoms with Crippen LogP contribution in [0.4, 0.5) is 0 Å². The van der Waals surface area contributed by atoms with E-state index in [4.69, 9.17) is 15.2 Å². The number of hydrogen-bond donors (Lipinski definition) is 1. The molecule has 0 saturated carbocycles. The summed E-state index contributed by atoms with van der Waals surface area (Å²) in [5.74, 6) is 0. The van der Waals surface area contributed by atoms with Gasteiger partial charge in [-0.05, 0) is 30.5 Å². The first-order valence-electron chi connectivity index (χ1n) is 7.15. The van der Waals surface area contributed by atoms with Crippen LogP contribution in [0.2, 0.25) is 0 Å². The van der Waals surface area contributed by atoms with Crippen LogP contribution in [0.25, 0.3) is 0 Å². The maximum Gasteiger partial charge on any atom is 0.0971 e. The highest BCUT2D eigenvalue weighted by atomic mass is 16.5. The Morgan fingerprint density at radius 1 is 1.15 bits per heavy atom. The number of hydrogen-bond acceptors (Lipinski definition) is 4. The summed E-state index contributed by atoms with van der Waals surface area (Å²) in [6.45, 7) is 6.85. The molecule has 0 radical (unpaired) electrons. The average Bonchev–Trinajstić information content (AvgIpc) is 2.83. The minimum Gasteiger partial charge on any atom is -0.377 e. The van der Waals surface area contributed by atoms with E-state index in [1.165, 1.54) is 16.7 Å². The number of likely N-dealkylation sites (tertiary alicyclic amines) is 1. The number of aryl methyl sites for hydroxylation is 2. The van der Waals surface area contributed by atoms with Crippen molar-refractivity contribution in [1.29, 1.82) is 0 Å². The van der Waals surface area contributed by atoms with Gasteiger partial charge in [0, 0.05) is 39.9 Å². The van der Waals surface area contributed by atoms with Crippen LogP contribution in [0, 0.1) is 13.8 Å². The SMILES string of the molecule is COC1CN(CC(N)c2ccc(C)c(C)c2)CC1OC. The quantitative estimate of drug-likeness (QED) is 0.889. The fourth-order valence-electron chi connectivity index (χ4n) is 2.80. The molecule has 1 saturated heterocycles. The van der Waals surface area contributed by atoms with Crippen molar-refractivity contribution in [3.63, 3.8) is 0 Å². The third-order valence-electron chi connectivity index (χ3n) is 4.31. The highest BCUT2D eigenvalue weighted by Gasteiger charge is 2.33. The van der Waals surface area contributed by atoms with E-state index >= 15 is 0 Å². The second-order valence-electron chi connectivity index (χ2n) is 5.72. The second-order valence-corrected chi connectivity index (χ2v) is 5.72. The summed E-state index contributed by atoms with van der Waals surface area (Å²) >= 11 is 0. The van der Waals surface area contributed by atoms with Gasteiger partial charge in [-0.3, -0.25) is 4.90 Å². The van der Waals surface area contributed by atoms with E-state index < -0.39 is 0 Å². The Labute approximate surface area is 121 Å². The standard InChI is InChI=1S/C16H26N2O2/c1-11-5-6-13(7-12(11)2)14(17)8-18-9-15(19-3)16(10-18)20-4/h5-7,14-16H,8-10,17H2,1-4H3. The van der Waals surface area contributed by atoms with E-state index in [9.17, 15) is 0 Å². The lowest BCUT2D eigenvalue weighted by molar-refractivity contribution is -0.00461. The fourth-order valence-corrected chi connectivity index (χ4v) is 2.80. The molecular weight excluding hydrogens is 252 g/mol. The van der Waals surface area contributed by atoms with Crippen molar-refractivity contribution in [2.24, 2.45) is 5.73 Å². The Morgan fingerprint density at radius 2 is 1.75 bits per heavy atom. The first-order valence-corrected chi connectivity index (χ1v) is 7.15. The summed E-state index contributed by atoms with van der Waals surface area (Å²) < 4.78 is 10.9. The van der Waals surface area contributed by atoms with Gasteiger partial charge in [-0.25, -0.2) is 0 Å². The summed E-state index contributed by atoms with van der Waals surface area (Å²) in [6.07, 6.45) is 0.291. The molecule has 0 amide bonds. The van der Waals surface area contributed by atoms with Gasteiger partial charge in [-0.1, -0.05) is 18.2 Å². The molecule has 3 atom stereocenters. The molecule has 1 aliphatic rings. The summed E-state index contributed by atoms with van der Waals surface area (Å²) in [5, 5.41) is 0. The molecule has 4 heteroatoms. The molecule has 1 heterocycles. The van der Waals surface area contributed by atoms with E-state index in [2.05, 4.69) is 36.9 Å². The molecule has 0 aromatic heterocycles. The van der Waals surface area contributed by atoms with Gasteiger partial charge in [-0.15, -0.1) is 0 Å². The van der Waals surface area contributed by atoms with Crippen molar-refractivity contribution in [1.82, 2.24) is 4.90 Å². The fraction of sp³-hybridized carbons (Fsp3) is 0.625. The highest BCUT2D eigenvalue weighted by molar-refractivity contribution is 5.31. The second kappa shape index (κ2) is 6.68. The zero-order valence-corrected chi connectivity index (χ0v) is 12.9. The van der Waals surface area contributed by atoms with E-state index in [1.807, 2.05) is 0 Å². The van der Waals surface area contributed by atoms with Crippen molar-refractivity contribution in [2.45, 2.75) is 32.1 Å². The Morgan fingerprint density at radius 3 is 2.25 bits per heavy atom. The summed E-state index contributed by atoms with van der Waals surface area (Å²) in [5.41, 5.74) is 10.1. The monoisotopic (exact) mass is 278 g/mol. The third-order valence-corrected chi connectivity index (χ3v) is 4.31. The zero-order chi connectivity index (χ0) is 14.7. The van der Waals surface area contributed by atoms with Crippen molar-refractivity contribution in [2.75, 3.05) is 33.9 Å². The minimum absolute atomic E-state index is 0.0300. The van der Waals surface area contributed by atoms with Crippen LogP contribution >= 0.6 is 0 Å². The number of ether oxygens (including phenoxy) is 2. The van der Waals surface area contributed by atoms with Gasteiger partial charge in [0.05, 0.1) is 12.2 Å². The van der Waals surface area contributed by atoms with E-state index in [-0.39, 0.29) is 18.2 Å². The van der Waals surface area contributed by atoms with E-state index in [1.54, 1.807) is 14.2 Å². The smallest absolute Gasteiger partial charge is 0.0971 e. The molecule has 1 aromatic rings. The van der Waals surface area contributed by atoms with E-state index in [0.717, 1.165) is 19.6 Å². The highest BCUT2D eigenvalue weighted by Crippen LogP contribution is 2.20. The maximum absolute atomic E-state index is 6.34. The van der Waals surface area contributed by atoms with Crippen molar-refractivity contribution >= 4 is 0 Å². The number of nitrogens with two attached hydrogens (primary N) is 1. The summed E-state index contributed by atoms with van der Waals surface area (Å²) in [7, 11) is 3.48. The van der Waals surface area contributed by atoms with Crippen LogP contribution in [0.5, 0.6) is 0 Å². The van der Waals surface area contributed by atoms with Crippen LogP contribution in [0.15, 0.2) is 18.2 Å². The average molecular weight is 278 g/mol. The molecule has 0 aliphatic carbocycles. The predicted molar refractivity (Wildman–Crippen MR) is 80.9 cm³/mol. The zero-order valence-electron chi connectivity index (χ0n) is 12.9. The first-order chi connectivity index (χ1) is 9.55. The lowest BCUT2D eigenvalue weighted by Crippen LogP contribution is -2.31. The molecule has 20 heavy (non-hydrogen) atoms. The molecule has 0 spiro atoms. The van der Waals surface area contributed by atoms with Gasteiger partial charge in [-0.2, -0.15) is 0 Å². The Bertz CT molecular complexity index is 438. The molecule has 1 aromatic carbocycles. The number of methoxy groups -OCH3 is 2. The topological polar surface area (TPSA) is 47.7 Å². The van der Waals surface area contributed by atoms with Crippen molar-refractivity contribution in [3.8, 4) is 0 Å². The van der Waals surface area contributed by atoms with E-state index in [0.29, 0.717) is 0 Å². The van der Waals surface area contributed by atoms with Crippen LogP contribution in [-0.4, -0.2) is 51.0 Å².